The number of aryl methyl sites for hydroxylation is 1. The summed E-state index contributed by atoms with van der Waals surface area (Å²) >= 11 is 0. The molecule has 0 aromatic carbocycles. The number of fused-ring (bicyclic) bond motifs is 1. The van der Waals surface area contributed by atoms with Gasteiger partial charge in [-0.1, -0.05) is 0 Å². The van der Waals surface area contributed by atoms with Crippen molar-refractivity contribution in [3.63, 3.8) is 0 Å². The zero-order valence-electron chi connectivity index (χ0n) is 16.0. The van der Waals surface area contributed by atoms with E-state index in [0.29, 0.717) is 37.0 Å². The molecule has 0 saturated heterocycles. The fourth-order valence-corrected chi connectivity index (χ4v) is 3.33. The number of ether oxygens (including phenoxy) is 2. The summed E-state index contributed by atoms with van der Waals surface area (Å²) in [4.78, 5) is 23.6. The first-order valence-electron chi connectivity index (χ1n) is 9.19. The first-order valence-corrected chi connectivity index (χ1v) is 9.19. The molecule has 1 aliphatic heterocycles. The normalized spacial score (nSPS) is 13.0. The number of hydrogen-bond donors (Lipinski definition) is 1. The molecule has 0 aliphatic carbocycles. The van der Waals surface area contributed by atoms with E-state index in [1.54, 1.807) is 23.5 Å². The molecule has 0 spiro atoms. The summed E-state index contributed by atoms with van der Waals surface area (Å²) in [5.41, 5.74) is 4.55. The van der Waals surface area contributed by atoms with E-state index in [-0.39, 0.29) is 5.91 Å². The fourth-order valence-electron chi connectivity index (χ4n) is 3.33. The lowest BCUT2D eigenvalue weighted by molar-refractivity contribution is 0.0996. The van der Waals surface area contributed by atoms with Crippen molar-refractivity contribution in [1.29, 1.82) is 0 Å². The molecule has 8 heteroatoms. The number of carbonyl (C=O) groups excluding carboxylic acids is 1. The van der Waals surface area contributed by atoms with E-state index in [1.807, 2.05) is 32.9 Å². The highest BCUT2D eigenvalue weighted by Crippen LogP contribution is 2.34. The van der Waals surface area contributed by atoms with Gasteiger partial charge < -0.3 is 9.47 Å². The lowest BCUT2D eigenvalue weighted by Crippen LogP contribution is -2.22. The number of anilines is 1. The Morgan fingerprint density at radius 2 is 2.00 bits per heavy atom. The van der Waals surface area contributed by atoms with E-state index in [4.69, 9.17) is 14.5 Å². The standard InChI is InChI=1S/C20H21N5O3/c1-4-27-17-7-13(8-21-19(17)28-5-2)15-6-12(3)18-16(24-15)11-25(20(18)26)14-9-22-23-10-14/h6-10H,4-5,11H2,1-3H3,(H,22,23). The molecule has 0 bridgehead atoms. The maximum Gasteiger partial charge on any atom is 0.260 e. The maximum absolute atomic E-state index is 12.8. The molecule has 3 aromatic rings. The molecule has 4 heterocycles. The number of aromatic nitrogens is 4. The number of carbonyl (C=O) groups is 1. The Morgan fingerprint density at radius 1 is 1.18 bits per heavy atom. The Balaban J connectivity index is 1.72. The van der Waals surface area contributed by atoms with E-state index in [1.165, 1.54) is 0 Å². The predicted octanol–water partition coefficient (Wildman–Crippen LogP) is 3.13. The molecule has 0 fully saturated rings. The van der Waals surface area contributed by atoms with E-state index in [2.05, 4.69) is 15.2 Å². The summed E-state index contributed by atoms with van der Waals surface area (Å²) in [6.07, 6.45) is 5.04. The smallest absolute Gasteiger partial charge is 0.260 e. The van der Waals surface area contributed by atoms with Crippen LogP contribution < -0.4 is 14.4 Å². The lowest BCUT2D eigenvalue weighted by Gasteiger charge is -2.12. The number of nitrogens with zero attached hydrogens (tertiary/aromatic N) is 4. The van der Waals surface area contributed by atoms with Crippen molar-refractivity contribution >= 4 is 11.6 Å². The van der Waals surface area contributed by atoms with Crippen LogP contribution in [0.25, 0.3) is 11.3 Å². The molecule has 0 unspecified atom stereocenters. The summed E-state index contributed by atoms with van der Waals surface area (Å²) in [5, 5.41) is 6.67. The molecule has 0 saturated carbocycles. The predicted molar refractivity (Wildman–Crippen MR) is 104 cm³/mol. The highest BCUT2D eigenvalue weighted by Gasteiger charge is 2.32. The first-order chi connectivity index (χ1) is 13.6. The van der Waals surface area contributed by atoms with Gasteiger partial charge in [-0.05, 0) is 38.5 Å². The van der Waals surface area contributed by atoms with Crippen molar-refractivity contribution in [3.05, 3.63) is 47.5 Å². The minimum atomic E-state index is -0.0622. The lowest BCUT2D eigenvalue weighted by atomic mass is 10.0. The number of amides is 1. The second-order valence-corrected chi connectivity index (χ2v) is 6.39. The summed E-state index contributed by atoms with van der Waals surface area (Å²) in [6, 6.07) is 3.78. The largest absolute Gasteiger partial charge is 0.488 e. The van der Waals surface area contributed by atoms with Crippen LogP contribution in [0, 0.1) is 6.92 Å². The molecule has 8 nitrogen and oxygen atoms in total. The third kappa shape index (κ3) is 3.06. The summed E-state index contributed by atoms with van der Waals surface area (Å²) in [7, 11) is 0. The topological polar surface area (TPSA) is 93.2 Å². The van der Waals surface area contributed by atoms with E-state index in [0.717, 1.165) is 28.2 Å². The fraction of sp³-hybridized carbons (Fsp3) is 0.300. The molecule has 1 aliphatic rings. The third-order valence-corrected chi connectivity index (χ3v) is 4.55. The Bertz CT molecular complexity index is 1020. The molecule has 28 heavy (non-hydrogen) atoms. The van der Waals surface area contributed by atoms with E-state index < -0.39 is 0 Å². The van der Waals surface area contributed by atoms with Crippen LogP contribution in [-0.2, 0) is 6.54 Å². The zero-order chi connectivity index (χ0) is 19.7. The SMILES string of the molecule is CCOc1cc(-c2cc(C)c3c(n2)CN(c2cn[nH]c2)C3=O)cnc1OCC. The molecule has 4 rings (SSSR count). The highest BCUT2D eigenvalue weighted by molar-refractivity contribution is 6.10. The summed E-state index contributed by atoms with van der Waals surface area (Å²) < 4.78 is 11.2. The summed E-state index contributed by atoms with van der Waals surface area (Å²) in [5.74, 6) is 0.984. The van der Waals surface area contributed by atoms with Crippen LogP contribution in [0.1, 0.15) is 35.5 Å². The first kappa shape index (κ1) is 18.0. The minimum absolute atomic E-state index is 0.0622. The number of hydrogen-bond acceptors (Lipinski definition) is 6. The molecule has 0 radical (unpaired) electrons. The van der Waals surface area contributed by atoms with Gasteiger partial charge in [-0.2, -0.15) is 5.10 Å². The summed E-state index contributed by atoms with van der Waals surface area (Å²) in [6.45, 7) is 7.16. The van der Waals surface area contributed by atoms with Gasteiger partial charge in [-0.3, -0.25) is 19.8 Å². The Kier molecular flexibility index (Phi) is 4.68. The molecule has 0 atom stereocenters. The molecule has 3 aromatic heterocycles. The van der Waals surface area contributed by atoms with Crippen LogP contribution in [0.3, 0.4) is 0 Å². The van der Waals surface area contributed by atoms with Crippen molar-refractivity contribution < 1.29 is 14.3 Å². The highest BCUT2D eigenvalue weighted by atomic mass is 16.5. The molecular formula is C20H21N5O3. The quantitative estimate of drug-likeness (QED) is 0.707. The van der Waals surface area contributed by atoms with Gasteiger partial charge in [0.15, 0.2) is 5.75 Å². The number of nitrogens with one attached hydrogen (secondary N) is 1. The van der Waals surface area contributed by atoms with Crippen molar-refractivity contribution in [2.24, 2.45) is 0 Å². The van der Waals surface area contributed by atoms with Crippen molar-refractivity contribution in [2.75, 3.05) is 18.1 Å². The van der Waals surface area contributed by atoms with Gasteiger partial charge in [0, 0.05) is 18.0 Å². The Labute approximate surface area is 162 Å². The van der Waals surface area contributed by atoms with Crippen LogP contribution in [-0.4, -0.2) is 39.3 Å². The second-order valence-electron chi connectivity index (χ2n) is 6.39. The van der Waals surface area contributed by atoms with Crippen LogP contribution in [0.15, 0.2) is 30.7 Å². The Morgan fingerprint density at radius 3 is 2.71 bits per heavy atom. The average molecular weight is 379 g/mol. The zero-order valence-corrected chi connectivity index (χ0v) is 16.0. The molecular weight excluding hydrogens is 358 g/mol. The average Bonchev–Trinajstić information content (AvgIpc) is 3.31. The van der Waals surface area contributed by atoms with E-state index in [9.17, 15) is 4.79 Å². The van der Waals surface area contributed by atoms with Crippen LogP contribution in [0.2, 0.25) is 0 Å². The number of aromatic amines is 1. The van der Waals surface area contributed by atoms with Crippen molar-refractivity contribution in [2.45, 2.75) is 27.3 Å². The second kappa shape index (κ2) is 7.30. The maximum atomic E-state index is 12.8. The molecule has 1 N–H and O–H groups in total. The molecule has 144 valence electrons. The van der Waals surface area contributed by atoms with Gasteiger partial charge in [0.25, 0.3) is 11.8 Å². The van der Waals surface area contributed by atoms with Crippen LogP contribution in [0.5, 0.6) is 11.6 Å². The van der Waals surface area contributed by atoms with Crippen LogP contribution in [0.4, 0.5) is 5.69 Å². The van der Waals surface area contributed by atoms with Gasteiger partial charge in [-0.25, -0.2) is 4.98 Å². The number of rotatable bonds is 6. The monoisotopic (exact) mass is 379 g/mol. The minimum Gasteiger partial charge on any atom is -0.488 e. The van der Waals surface area contributed by atoms with Crippen LogP contribution >= 0.6 is 0 Å². The van der Waals surface area contributed by atoms with Crippen molar-refractivity contribution in [1.82, 2.24) is 20.2 Å². The van der Waals surface area contributed by atoms with Gasteiger partial charge in [0.1, 0.15) is 0 Å². The van der Waals surface area contributed by atoms with Gasteiger partial charge in [0.05, 0.1) is 48.6 Å². The molecule has 1 amide bonds. The number of H-pyrrole nitrogens is 1. The van der Waals surface area contributed by atoms with Gasteiger partial charge in [0.2, 0.25) is 0 Å². The van der Waals surface area contributed by atoms with Crippen molar-refractivity contribution in [3.8, 4) is 22.9 Å². The number of pyridine rings is 2. The van der Waals surface area contributed by atoms with Gasteiger partial charge in [-0.15, -0.1) is 0 Å². The Hall–Kier alpha value is -3.42. The third-order valence-electron chi connectivity index (χ3n) is 4.55. The van der Waals surface area contributed by atoms with E-state index >= 15 is 0 Å². The van der Waals surface area contributed by atoms with Gasteiger partial charge >= 0.3 is 0 Å².